The summed E-state index contributed by atoms with van der Waals surface area (Å²) in [6.07, 6.45) is 3.30. The monoisotopic (exact) mass is 443 g/mol. The molecule has 5 nitrogen and oxygen atoms in total. The fourth-order valence-electron chi connectivity index (χ4n) is 4.44. The molecule has 1 fully saturated rings. The largest absolute Gasteiger partial charge is 0.383 e. The smallest absolute Gasteiger partial charge is 0.256 e. The van der Waals surface area contributed by atoms with E-state index in [1.54, 1.807) is 19.2 Å². The van der Waals surface area contributed by atoms with Crippen molar-refractivity contribution in [2.75, 3.05) is 26.8 Å². The van der Waals surface area contributed by atoms with Gasteiger partial charge in [0, 0.05) is 44.9 Å². The van der Waals surface area contributed by atoms with Gasteiger partial charge >= 0.3 is 0 Å². The van der Waals surface area contributed by atoms with Crippen LogP contribution in [-0.2, 0) is 17.8 Å². The SMILES string of the molecule is COCCn1cc(C(=O)N2CCC(c3cc(CN)ccc3F)CC2)c2c(Cl)cccc21. The molecule has 7 heteroatoms. The Morgan fingerprint density at radius 2 is 2.03 bits per heavy atom. The van der Waals surface area contributed by atoms with Gasteiger partial charge in [-0.15, -0.1) is 0 Å². The molecule has 1 aromatic heterocycles. The van der Waals surface area contributed by atoms with Gasteiger partial charge in [-0.3, -0.25) is 4.79 Å². The molecule has 2 heterocycles. The van der Waals surface area contributed by atoms with Gasteiger partial charge in [-0.2, -0.15) is 0 Å². The average Bonchev–Trinajstić information content (AvgIpc) is 3.17. The van der Waals surface area contributed by atoms with E-state index in [0.717, 1.165) is 16.5 Å². The van der Waals surface area contributed by atoms with E-state index in [9.17, 15) is 9.18 Å². The lowest BCUT2D eigenvalue weighted by molar-refractivity contribution is 0.0714. The molecule has 0 aliphatic carbocycles. The van der Waals surface area contributed by atoms with Crippen molar-refractivity contribution >= 4 is 28.4 Å². The number of carbonyl (C=O) groups excluding carboxylic acids is 1. The number of nitrogens with zero attached hydrogens (tertiary/aromatic N) is 2. The molecule has 164 valence electrons. The maximum absolute atomic E-state index is 14.4. The lowest BCUT2D eigenvalue weighted by atomic mass is 9.88. The molecule has 0 radical (unpaired) electrons. The lowest BCUT2D eigenvalue weighted by Crippen LogP contribution is -2.38. The molecule has 31 heavy (non-hydrogen) atoms. The van der Waals surface area contributed by atoms with Crippen LogP contribution in [0.4, 0.5) is 4.39 Å². The highest BCUT2D eigenvalue weighted by Crippen LogP contribution is 2.33. The Morgan fingerprint density at radius 1 is 1.26 bits per heavy atom. The predicted molar refractivity (Wildman–Crippen MR) is 121 cm³/mol. The zero-order valence-electron chi connectivity index (χ0n) is 17.6. The highest BCUT2D eigenvalue weighted by Gasteiger charge is 2.28. The number of benzene rings is 2. The Morgan fingerprint density at radius 3 is 2.74 bits per heavy atom. The van der Waals surface area contributed by atoms with Gasteiger partial charge in [0.1, 0.15) is 5.82 Å². The first-order valence-corrected chi connectivity index (χ1v) is 10.9. The van der Waals surface area contributed by atoms with E-state index in [4.69, 9.17) is 22.1 Å². The van der Waals surface area contributed by atoms with Crippen molar-refractivity contribution in [2.24, 2.45) is 5.73 Å². The third-order valence-electron chi connectivity index (χ3n) is 6.14. The van der Waals surface area contributed by atoms with Crippen molar-refractivity contribution in [3.8, 4) is 0 Å². The number of likely N-dealkylation sites (tertiary alicyclic amines) is 1. The molecule has 0 unspecified atom stereocenters. The first-order chi connectivity index (χ1) is 15.0. The van der Waals surface area contributed by atoms with Gasteiger partial charge < -0.3 is 19.9 Å². The van der Waals surface area contributed by atoms with Crippen LogP contribution in [-0.4, -0.2) is 42.2 Å². The number of nitrogens with two attached hydrogens (primary N) is 1. The molecular weight excluding hydrogens is 417 g/mol. The van der Waals surface area contributed by atoms with Crippen LogP contribution in [0.1, 0.15) is 40.2 Å². The topological polar surface area (TPSA) is 60.5 Å². The van der Waals surface area contributed by atoms with Gasteiger partial charge in [0.15, 0.2) is 0 Å². The zero-order chi connectivity index (χ0) is 22.0. The molecule has 4 rings (SSSR count). The van der Waals surface area contributed by atoms with Crippen molar-refractivity contribution in [2.45, 2.75) is 31.8 Å². The Balaban J connectivity index is 1.55. The number of piperidine rings is 1. The second-order valence-electron chi connectivity index (χ2n) is 7.99. The van der Waals surface area contributed by atoms with Crippen LogP contribution < -0.4 is 5.73 Å². The highest BCUT2D eigenvalue weighted by molar-refractivity contribution is 6.36. The van der Waals surface area contributed by atoms with Crippen LogP contribution in [0.15, 0.2) is 42.6 Å². The second-order valence-corrected chi connectivity index (χ2v) is 8.40. The van der Waals surface area contributed by atoms with Gasteiger partial charge in [0.25, 0.3) is 5.91 Å². The van der Waals surface area contributed by atoms with Crippen LogP contribution in [0.3, 0.4) is 0 Å². The summed E-state index contributed by atoms with van der Waals surface area (Å²) in [6, 6.07) is 10.7. The molecule has 2 aromatic carbocycles. The highest BCUT2D eigenvalue weighted by atomic mass is 35.5. The average molecular weight is 444 g/mol. The Hall–Kier alpha value is -2.41. The van der Waals surface area contributed by atoms with Crippen LogP contribution in [0.2, 0.25) is 5.02 Å². The Kier molecular flexibility index (Phi) is 6.60. The van der Waals surface area contributed by atoms with Crippen LogP contribution in [0.5, 0.6) is 0 Å². The number of carbonyl (C=O) groups is 1. The van der Waals surface area contributed by atoms with E-state index in [1.165, 1.54) is 6.07 Å². The van der Waals surface area contributed by atoms with Gasteiger partial charge in [-0.05, 0) is 48.1 Å². The van der Waals surface area contributed by atoms with Crippen LogP contribution in [0.25, 0.3) is 10.9 Å². The maximum atomic E-state index is 14.4. The number of halogens is 2. The fourth-order valence-corrected chi connectivity index (χ4v) is 4.71. The van der Waals surface area contributed by atoms with Crippen molar-refractivity contribution in [3.63, 3.8) is 0 Å². The van der Waals surface area contributed by atoms with Crippen molar-refractivity contribution in [1.29, 1.82) is 0 Å². The molecule has 0 atom stereocenters. The molecule has 1 saturated heterocycles. The minimum atomic E-state index is -0.199. The molecular formula is C24H27ClFN3O2. The maximum Gasteiger partial charge on any atom is 0.256 e. The molecule has 1 aliphatic rings. The van der Waals surface area contributed by atoms with E-state index in [2.05, 4.69) is 0 Å². The number of ether oxygens (including phenoxy) is 1. The van der Waals surface area contributed by atoms with Crippen LogP contribution >= 0.6 is 11.6 Å². The summed E-state index contributed by atoms with van der Waals surface area (Å²) in [5, 5.41) is 1.33. The lowest BCUT2D eigenvalue weighted by Gasteiger charge is -2.32. The minimum Gasteiger partial charge on any atom is -0.383 e. The summed E-state index contributed by atoms with van der Waals surface area (Å²) in [4.78, 5) is 15.2. The van der Waals surface area contributed by atoms with Gasteiger partial charge in [-0.1, -0.05) is 29.8 Å². The molecule has 1 amide bonds. The van der Waals surface area contributed by atoms with Gasteiger partial charge in [-0.25, -0.2) is 4.39 Å². The molecule has 0 bridgehead atoms. The summed E-state index contributed by atoms with van der Waals surface area (Å²) < 4.78 is 21.6. The number of hydrogen-bond donors (Lipinski definition) is 1. The third kappa shape index (κ3) is 4.33. The predicted octanol–water partition coefficient (Wildman–Crippen LogP) is 4.56. The zero-order valence-corrected chi connectivity index (χ0v) is 18.4. The minimum absolute atomic E-state index is 0.0381. The van der Waals surface area contributed by atoms with Gasteiger partial charge in [0.05, 0.1) is 22.7 Å². The van der Waals surface area contributed by atoms with E-state index in [1.807, 2.05) is 33.9 Å². The number of methoxy groups -OCH3 is 1. The quantitative estimate of drug-likeness (QED) is 0.607. The van der Waals surface area contributed by atoms with Crippen LogP contribution in [0, 0.1) is 5.82 Å². The number of fused-ring (bicyclic) bond motifs is 1. The van der Waals surface area contributed by atoms with E-state index in [-0.39, 0.29) is 17.6 Å². The number of aromatic nitrogens is 1. The van der Waals surface area contributed by atoms with Crippen molar-refractivity contribution in [1.82, 2.24) is 9.47 Å². The molecule has 3 aromatic rings. The molecule has 2 N–H and O–H groups in total. The number of hydrogen-bond acceptors (Lipinski definition) is 3. The number of amides is 1. The van der Waals surface area contributed by atoms with E-state index < -0.39 is 0 Å². The second kappa shape index (κ2) is 9.39. The summed E-state index contributed by atoms with van der Waals surface area (Å²) in [7, 11) is 1.65. The third-order valence-corrected chi connectivity index (χ3v) is 6.46. The van der Waals surface area contributed by atoms with Crippen molar-refractivity contribution < 1.29 is 13.9 Å². The summed E-state index contributed by atoms with van der Waals surface area (Å²) >= 11 is 6.47. The first-order valence-electron chi connectivity index (χ1n) is 10.6. The number of rotatable bonds is 6. The van der Waals surface area contributed by atoms with Crippen molar-refractivity contribution in [3.05, 3.63) is 70.1 Å². The summed E-state index contributed by atoms with van der Waals surface area (Å²) in [6.45, 7) is 2.72. The molecule has 0 saturated carbocycles. The molecule has 0 spiro atoms. The summed E-state index contributed by atoms with van der Waals surface area (Å²) in [5.41, 5.74) is 8.87. The fraction of sp³-hybridized carbons (Fsp3) is 0.375. The van der Waals surface area contributed by atoms with E-state index >= 15 is 0 Å². The van der Waals surface area contributed by atoms with Gasteiger partial charge in [0.2, 0.25) is 0 Å². The molecule has 1 aliphatic heterocycles. The standard InChI is InChI=1S/C24H27ClFN3O2/c1-31-12-11-29-15-19(23-20(25)3-2-4-22(23)29)24(30)28-9-7-17(8-10-28)18-13-16(14-27)5-6-21(18)26/h2-6,13,15,17H,7-12,14,27H2,1H3. The normalized spacial score (nSPS) is 15.0. The summed E-state index contributed by atoms with van der Waals surface area (Å²) in [5.74, 6) is -0.152. The Bertz CT molecular complexity index is 1090. The van der Waals surface area contributed by atoms with E-state index in [0.29, 0.717) is 61.8 Å². The first kappa shape index (κ1) is 21.8. The Labute approximate surface area is 186 Å².